The highest BCUT2D eigenvalue weighted by Gasteiger charge is 2.18. The summed E-state index contributed by atoms with van der Waals surface area (Å²) in [4.78, 5) is 5.02. The minimum atomic E-state index is -0.235. The quantitative estimate of drug-likeness (QED) is 0.474. The van der Waals surface area contributed by atoms with Gasteiger partial charge in [-0.15, -0.1) is 0 Å². The molecule has 1 aliphatic heterocycles. The molecule has 1 fully saturated rings. The lowest BCUT2D eigenvalue weighted by molar-refractivity contribution is 0.115. The molecular weight excluding hydrogens is 401 g/mol. The number of aryl methyl sites for hydroxylation is 1. The first-order chi connectivity index (χ1) is 15.6. The zero-order chi connectivity index (χ0) is 22.8. The molecule has 1 aliphatic rings. The van der Waals surface area contributed by atoms with Crippen molar-refractivity contribution in [2.75, 3.05) is 45.9 Å². The first kappa shape index (κ1) is 24.2. The summed E-state index contributed by atoms with van der Waals surface area (Å²) in [6.45, 7) is 11.4. The second kappa shape index (κ2) is 12.6. The second-order valence-electron chi connectivity index (χ2n) is 8.80. The highest BCUT2D eigenvalue weighted by molar-refractivity contribution is 5.39. The second-order valence-corrected chi connectivity index (χ2v) is 8.80. The van der Waals surface area contributed by atoms with Gasteiger partial charge in [-0.3, -0.25) is 4.90 Å². The standard InChI is InChI=1S/C27H36FN3O/c1-3-5-24(27-12-7-23(21-29)20-22(27)2)6-4-13-30-14-16-31(17-15-30)18-19-32-26-10-8-25(28)9-11-26/h7-12,20,24H,3-6,13-19H2,1-2H3. The fourth-order valence-corrected chi connectivity index (χ4v) is 4.63. The summed E-state index contributed by atoms with van der Waals surface area (Å²) >= 11 is 0. The van der Waals surface area contributed by atoms with E-state index in [4.69, 9.17) is 10.00 Å². The summed E-state index contributed by atoms with van der Waals surface area (Å²) in [6, 6.07) is 14.6. The molecule has 0 spiro atoms. The third kappa shape index (κ3) is 7.32. The molecule has 1 saturated heterocycles. The molecule has 2 aromatic rings. The van der Waals surface area contributed by atoms with Crippen LogP contribution in [-0.2, 0) is 0 Å². The van der Waals surface area contributed by atoms with Crippen molar-refractivity contribution in [2.45, 2.75) is 45.4 Å². The number of nitriles is 1. The Morgan fingerprint density at radius 3 is 2.31 bits per heavy atom. The highest BCUT2D eigenvalue weighted by Crippen LogP contribution is 2.29. The molecule has 0 bridgehead atoms. The van der Waals surface area contributed by atoms with Crippen LogP contribution in [0.5, 0.6) is 5.75 Å². The lowest BCUT2D eigenvalue weighted by atomic mass is 9.87. The van der Waals surface area contributed by atoms with Gasteiger partial charge >= 0.3 is 0 Å². The summed E-state index contributed by atoms with van der Waals surface area (Å²) in [6.07, 6.45) is 4.79. The lowest BCUT2D eigenvalue weighted by Crippen LogP contribution is -2.47. The van der Waals surface area contributed by atoms with Crippen LogP contribution < -0.4 is 4.74 Å². The Morgan fingerprint density at radius 2 is 1.69 bits per heavy atom. The summed E-state index contributed by atoms with van der Waals surface area (Å²) in [5.41, 5.74) is 3.42. The van der Waals surface area contributed by atoms with Crippen molar-refractivity contribution >= 4 is 0 Å². The van der Waals surface area contributed by atoms with E-state index in [1.807, 2.05) is 12.1 Å². The number of ether oxygens (including phenoxy) is 1. The predicted molar refractivity (Wildman–Crippen MR) is 128 cm³/mol. The molecule has 32 heavy (non-hydrogen) atoms. The Hall–Kier alpha value is -2.42. The van der Waals surface area contributed by atoms with Crippen molar-refractivity contribution < 1.29 is 9.13 Å². The summed E-state index contributed by atoms with van der Waals surface area (Å²) < 4.78 is 18.7. The molecule has 0 saturated carbocycles. The van der Waals surface area contributed by atoms with E-state index in [0.717, 1.165) is 50.6 Å². The van der Waals surface area contributed by atoms with Gasteiger partial charge in [-0.05, 0) is 86.2 Å². The van der Waals surface area contributed by atoms with Crippen LogP contribution in [0.25, 0.3) is 0 Å². The monoisotopic (exact) mass is 437 g/mol. The van der Waals surface area contributed by atoms with Crippen LogP contribution in [0.2, 0.25) is 0 Å². The SMILES string of the molecule is CCCC(CCCN1CCN(CCOc2ccc(F)cc2)CC1)c1ccc(C#N)cc1C. The van der Waals surface area contributed by atoms with Crippen molar-refractivity contribution in [3.05, 3.63) is 65.0 Å². The number of hydrogen-bond acceptors (Lipinski definition) is 4. The van der Waals surface area contributed by atoms with Crippen LogP contribution in [0.15, 0.2) is 42.5 Å². The maximum Gasteiger partial charge on any atom is 0.123 e. The average Bonchev–Trinajstić information content (AvgIpc) is 2.81. The molecule has 0 N–H and O–H groups in total. The zero-order valence-electron chi connectivity index (χ0n) is 19.5. The molecule has 4 nitrogen and oxygen atoms in total. The molecule has 0 radical (unpaired) electrons. The van der Waals surface area contributed by atoms with Gasteiger partial charge in [0.2, 0.25) is 0 Å². The molecule has 1 unspecified atom stereocenters. The van der Waals surface area contributed by atoms with Gasteiger partial charge in [0.25, 0.3) is 0 Å². The van der Waals surface area contributed by atoms with Gasteiger partial charge in [0.05, 0.1) is 11.6 Å². The van der Waals surface area contributed by atoms with E-state index in [1.165, 1.54) is 48.9 Å². The number of piperazine rings is 1. The molecule has 1 heterocycles. The van der Waals surface area contributed by atoms with Crippen LogP contribution in [0.1, 0.15) is 55.2 Å². The maximum atomic E-state index is 13.0. The van der Waals surface area contributed by atoms with Gasteiger partial charge < -0.3 is 9.64 Å². The van der Waals surface area contributed by atoms with Gasteiger partial charge in [-0.1, -0.05) is 19.4 Å². The number of hydrogen-bond donors (Lipinski definition) is 0. The van der Waals surface area contributed by atoms with E-state index in [2.05, 4.69) is 35.8 Å². The highest BCUT2D eigenvalue weighted by atomic mass is 19.1. The number of rotatable bonds is 11. The van der Waals surface area contributed by atoms with Gasteiger partial charge in [-0.25, -0.2) is 4.39 Å². The first-order valence-electron chi connectivity index (χ1n) is 11.9. The Bertz CT molecular complexity index is 869. The number of halogens is 1. The molecule has 0 aliphatic carbocycles. The largest absolute Gasteiger partial charge is 0.492 e. The van der Waals surface area contributed by atoms with Crippen LogP contribution in [0.3, 0.4) is 0 Å². The van der Waals surface area contributed by atoms with Gasteiger partial charge in [-0.2, -0.15) is 5.26 Å². The molecule has 3 rings (SSSR count). The fraction of sp³-hybridized carbons (Fsp3) is 0.519. The normalized spacial score (nSPS) is 15.9. The first-order valence-corrected chi connectivity index (χ1v) is 11.9. The minimum absolute atomic E-state index is 0.235. The zero-order valence-corrected chi connectivity index (χ0v) is 19.5. The molecule has 2 aromatic carbocycles. The summed E-state index contributed by atoms with van der Waals surface area (Å²) in [5, 5.41) is 9.13. The van der Waals surface area contributed by atoms with E-state index in [0.29, 0.717) is 12.5 Å². The van der Waals surface area contributed by atoms with Crippen LogP contribution in [0.4, 0.5) is 4.39 Å². The molecule has 0 aromatic heterocycles. The molecule has 0 amide bonds. The molecule has 172 valence electrons. The average molecular weight is 438 g/mol. The van der Waals surface area contributed by atoms with E-state index in [9.17, 15) is 4.39 Å². The van der Waals surface area contributed by atoms with Gasteiger partial charge in [0.15, 0.2) is 0 Å². The van der Waals surface area contributed by atoms with Gasteiger partial charge in [0, 0.05) is 32.7 Å². The van der Waals surface area contributed by atoms with E-state index in [-0.39, 0.29) is 5.82 Å². The van der Waals surface area contributed by atoms with E-state index < -0.39 is 0 Å². The molecular formula is C27H36FN3O. The third-order valence-corrected chi connectivity index (χ3v) is 6.46. The Labute approximate surface area is 192 Å². The van der Waals surface area contributed by atoms with Gasteiger partial charge in [0.1, 0.15) is 18.2 Å². The predicted octanol–water partition coefficient (Wildman–Crippen LogP) is 5.37. The summed E-state index contributed by atoms with van der Waals surface area (Å²) in [5.74, 6) is 1.07. The van der Waals surface area contributed by atoms with Crippen molar-refractivity contribution in [1.82, 2.24) is 9.80 Å². The topological polar surface area (TPSA) is 39.5 Å². The van der Waals surface area contributed by atoms with E-state index >= 15 is 0 Å². The molecule has 5 heteroatoms. The summed E-state index contributed by atoms with van der Waals surface area (Å²) in [7, 11) is 0. The van der Waals surface area contributed by atoms with E-state index in [1.54, 1.807) is 12.1 Å². The Morgan fingerprint density at radius 1 is 1.00 bits per heavy atom. The van der Waals surface area contributed by atoms with Crippen LogP contribution in [0, 0.1) is 24.1 Å². The van der Waals surface area contributed by atoms with Crippen molar-refractivity contribution in [3.8, 4) is 11.8 Å². The smallest absolute Gasteiger partial charge is 0.123 e. The van der Waals surface area contributed by atoms with Crippen LogP contribution >= 0.6 is 0 Å². The lowest BCUT2D eigenvalue weighted by Gasteiger charge is -2.34. The third-order valence-electron chi connectivity index (χ3n) is 6.46. The molecule has 1 atom stereocenters. The fourth-order valence-electron chi connectivity index (χ4n) is 4.63. The number of benzene rings is 2. The Kier molecular flexibility index (Phi) is 9.52. The Balaban J connectivity index is 1.36. The van der Waals surface area contributed by atoms with Crippen LogP contribution in [-0.4, -0.2) is 55.7 Å². The van der Waals surface area contributed by atoms with Crippen molar-refractivity contribution in [1.29, 1.82) is 5.26 Å². The van der Waals surface area contributed by atoms with Crippen molar-refractivity contribution in [3.63, 3.8) is 0 Å². The minimum Gasteiger partial charge on any atom is -0.492 e. The number of nitrogens with zero attached hydrogens (tertiary/aromatic N) is 3. The maximum absolute atomic E-state index is 13.0. The van der Waals surface area contributed by atoms with Crippen molar-refractivity contribution in [2.24, 2.45) is 0 Å².